The molecule has 0 bridgehead atoms. The fourth-order valence-corrected chi connectivity index (χ4v) is 3.75. The third-order valence-electron chi connectivity index (χ3n) is 2.31. The van der Waals surface area contributed by atoms with Gasteiger partial charge in [0.2, 0.25) is 0 Å². The summed E-state index contributed by atoms with van der Waals surface area (Å²) in [7, 11) is 0. The maximum atomic E-state index is 11.9. The van der Waals surface area contributed by atoms with E-state index in [-0.39, 0.29) is 11.3 Å². The number of rotatable bonds is 4. The summed E-state index contributed by atoms with van der Waals surface area (Å²) in [5.74, 6) is -1.59. The Bertz CT molecular complexity index is 735. The average molecular weight is 515 g/mol. The molecule has 0 aliphatic carbocycles. The van der Waals surface area contributed by atoms with E-state index in [1.54, 1.807) is 12.3 Å². The first kappa shape index (κ1) is 17.4. The van der Waals surface area contributed by atoms with Gasteiger partial charge in [-0.3, -0.25) is 10.1 Å². The van der Waals surface area contributed by atoms with E-state index < -0.39 is 18.5 Å². The minimum absolute atomic E-state index is 0.0500. The number of hydrogen-bond acceptors (Lipinski definition) is 6. The van der Waals surface area contributed by atoms with Gasteiger partial charge in [-0.05, 0) is 44.0 Å². The second-order valence-electron chi connectivity index (χ2n) is 3.88. The van der Waals surface area contributed by atoms with Crippen molar-refractivity contribution in [2.45, 2.75) is 0 Å². The number of carbonyl (C=O) groups is 2. The van der Waals surface area contributed by atoms with Gasteiger partial charge in [0.15, 0.2) is 11.7 Å². The smallest absolute Gasteiger partial charge is 0.342 e. The molecule has 0 aliphatic heterocycles. The van der Waals surface area contributed by atoms with Crippen LogP contribution in [0.15, 0.2) is 31.1 Å². The Morgan fingerprint density at radius 1 is 1.32 bits per heavy atom. The van der Waals surface area contributed by atoms with E-state index in [1.165, 1.54) is 17.4 Å². The van der Waals surface area contributed by atoms with Crippen molar-refractivity contribution in [3.63, 3.8) is 0 Å². The second kappa shape index (κ2) is 7.53. The molecule has 1 aromatic carbocycles. The molecule has 2 rings (SSSR count). The minimum Gasteiger partial charge on any atom is -0.506 e. The number of nitrogens with one attached hydrogen (secondary N) is 1. The molecule has 0 spiro atoms. The van der Waals surface area contributed by atoms with Crippen molar-refractivity contribution in [2.24, 2.45) is 0 Å². The standard InChI is InChI=1S/C12H7Br3N2O4S/c13-5-1-6(10(19)7(14)2-5)11(20)21-4-9(18)17-12-16-3-8(15)22-12/h1-3,19H,4H2,(H,16,17,18). The molecule has 116 valence electrons. The molecule has 0 radical (unpaired) electrons. The number of amides is 1. The van der Waals surface area contributed by atoms with Crippen LogP contribution in [0.25, 0.3) is 0 Å². The SMILES string of the molecule is O=C(COC(=O)c1cc(Br)cc(Br)c1O)Nc1ncc(Br)s1. The van der Waals surface area contributed by atoms with Crippen LogP contribution in [0.3, 0.4) is 0 Å². The summed E-state index contributed by atoms with van der Waals surface area (Å²) in [5.41, 5.74) is -0.0500. The molecular weight excluding hydrogens is 508 g/mol. The molecule has 0 atom stereocenters. The van der Waals surface area contributed by atoms with Crippen molar-refractivity contribution in [2.75, 3.05) is 11.9 Å². The average Bonchev–Trinajstić information content (AvgIpc) is 2.85. The topological polar surface area (TPSA) is 88.5 Å². The van der Waals surface area contributed by atoms with Crippen molar-refractivity contribution in [1.29, 1.82) is 0 Å². The summed E-state index contributed by atoms with van der Waals surface area (Å²) in [6, 6.07) is 2.98. The molecule has 10 heteroatoms. The van der Waals surface area contributed by atoms with Gasteiger partial charge in [0.25, 0.3) is 5.91 Å². The van der Waals surface area contributed by atoms with Gasteiger partial charge < -0.3 is 9.84 Å². The highest BCUT2D eigenvalue weighted by atomic mass is 79.9. The first-order valence-electron chi connectivity index (χ1n) is 5.63. The normalized spacial score (nSPS) is 10.3. The fourth-order valence-electron chi connectivity index (χ4n) is 1.40. The molecule has 0 fully saturated rings. The number of benzene rings is 1. The lowest BCUT2D eigenvalue weighted by Crippen LogP contribution is -2.20. The lowest BCUT2D eigenvalue weighted by atomic mass is 10.2. The third kappa shape index (κ3) is 4.51. The second-order valence-corrected chi connectivity index (χ2v) is 8.06. The molecule has 6 nitrogen and oxygen atoms in total. The van der Waals surface area contributed by atoms with Crippen LogP contribution in [0.2, 0.25) is 0 Å². The zero-order valence-corrected chi connectivity index (χ0v) is 16.2. The summed E-state index contributed by atoms with van der Waals surface area (Å²) in [4.78, 5) is 27.5. The van der Waals surface area contributed by atoms with Crippen LogP contribution in [0.1, 0.15) is 10.4 Å². The van der Waals surface area contributed by atoms with E-state index in [2.05, 4.69) is 58.1 Å². The number of phenols is 1. The van der Waals surface area contributed by atoms with Crippen LogP contribution in [-0.4, -0.2) is 28.6 Å². The highest BCUT2D eigenvalue weighted by molar-refractivity contribution is 9.11. The van der Waals surface area contributed by atoms with Gasteiger partial charge in [-0.25, -0.2) is 9.78 Å². The summed E-state index contributed by atoms with van der Waals surface area (Å²) < 4.78 is 6.56. The minimum atomic E-state index is -0.810. The summed E-state index contributed by atoms with van der Waals surface area (Å²) in [5, 5.41) is 12.7. The number of hydrogen-bond donors (Lipinski definition) is 2. The molecular formula is C12H7Br3N2O4S. The number of esters is 1. The molecule has 0 saturated heterocycles. The molecule has 2 N–H and O–H groups in total. The van der Waals surface area contributed by atoms with Gasteiger partial charge in [-0.1, -0.05) is 27.3 Å². The Labute approximate surface area is 154 Å². The van der Waals surface area contributed by atoms with Crippen molar-refractivity contribution >= 4 is 76.1 Å². The van der Waals surface area contributed by atoms with Gasteiger partial charge >= 0.3 is 5.97 Å². The molecule has 22 heavy (non-hydrogen) atoms. The predicted molar refractivity (Wildman–Crippen MR) is 92.2 cm³/mol. The number of phenolic OH excluding ortho intramolecular Hbond substituents is 1. The van der Waals surface area contributed by atoms with Gasteiger partial charge in [0.05, 0.1) is 14.5 Å². The third-order valence-corrected chi connectivity index (χ3v) is 4.76. The van der Waals surface area contributed by atoms with E-state index in [9.17, 15) is 14.7 Å². The van der Waals surface area contributed by atoms with Crippen LogP contribution < -0.4 is 5.32 Å². The highest BCUT2D eigenvalue weighted by Gasteiger charge is 2.18. The molecule has 0 unspecified atom stereocenters. The van der Waals surface area contributed by atoms with Crippen LogP contribution in [-0.2, 0) is 9.53 Å². The van der Waals surface area contributed by atoms with Crippen LogP contribution in [0.5, 0.6) is 5.75 Å². The number of thiazole rings is 1. The van der Waals surface area contributed by atoms with Crippen molar-refractivity contribution in [3.8, 4) is 5.75 Å². The zero-order valence-electron chi connectivity index (χ0n) is 10.6. The Morgan fingerprint density at radius 3 is 2.68 bits per heavy atom. The number of aromatic nitrogens is 1. The summed E-state index contributed by atoms with van der Waals surface area (Å²) in [6.45, 7) is -0.487. The zero-order chi connectivity index (χ0) is 16.3. The Hall–Kier alpha value is -0.970. The number of aromatic hydroxyl groups is 1. The van der Waals surface area contributed by atoms with Crippen LogP contribution in [0.4, 0.5) is 5.13 Å². The lowest BCUT2D eigenvalue weighted by Gasteiger charge is -2.08. The summed E-state index contributed by atoms with van der Waals surface area (Å²) in [6.07, 6.45) is 1.54. The molecule has 2 aromatic rings. The van der Waals surface area contributed by atoms with Crippen molar-refractivity contribution in [1.82, 2.24) is 4.98 Å². The molecule has 1 heterocycles. The number of nitrogens with zero attached hydrogens (tertiary/aromatic N) is 1. The predicted octanol–water partition coefficient (Wildman–Crippen LogP) is 3.93. The molecule has 0 aliphatic rings. The van der Waals surface area contributed by atoms with E-state index in [1.807, 2.05) is 0 Å². The van der Waals surface area contributed by atoms with E-state index in [0.29, 0.717) is 14.1 Å². The maximum Gasteiger partial charge on any atom is 0.342 e. The fraction of sp³-hybridized carbons (Fsp3) is 0.0833. The largest absolute Gasteiger partial charge is 0.506 e. The van der Waals surface area contributed by atoms with Crippen molar-refractivity contribution in [3.05, 3.63) is 36.6 Å². The van der Waals surface area contributed by atoms with Gasteiger partial charge in [-0.2, -0.15) is 0 Å². The van der Waals surface area contributed by atoms with Crippen molar-refractivity contribution < 1.29 is 19.4 Å². The number of anilines is 1. The molecule has 0 saturated carbocycles. The van der Waals surface area contributed by atoms with Gasteiger partial charge in [0.1, 0.15) is 11.3 Å². The molecule has 1 amide bonds. The van der Waals surface area contributed by atoms with E-state index in [0.717, 1.165) is 3.79 Å². The van der Waals surface area contributed by atoms with Crippen LogP contribution in [0, 0.1) is 0 Å². The number of ether oxygens (including phenoxy) is 1. The lowest BCUT2D eigenvalue weighted by molar-refractivity contribution is -0.119. The quantitative estimate of drug-likeness (QED) is 0.604. The Kier molecular flexibility index (Phi) is 5.95. The monoisotopic (exact) mass is 512 g/mol. The number of carbonyl (C=O) groups excluding carboxylic acids is 2. The van der Waals surface area contributed by atoms with Gasteiger partial charge in [0, 0.05) is 4.47 Å². The highest BCUT2D eigenvalue weighted by Crippen LogP contribution is 2.32. The summed E-state index contributed by atoms with van der Waals surface area (Å²) >= 11 is 10.8. The number of halogens is 3. The molecule has 1 aromatic heterocycles. The van der Waals surface area contributed by atoms with E-state index in [4.69, 9.17) is 4.74 Å². The maximum absolute atomic E-state index is 11.9. The van der Waals surface area contributed by atoms with Gasteiger partial charge in [-0.15, -0.1) is 0 Å². The Morgan fingerprint density at radius 2 is 2.05 bits per heavy atom. The first-order chi connectivity index (χ1) is 10.4. The first-order valence-corrected chi connectivity index (χ1v) is 8.82. The Balaban J connectivity index is 1.96. The van der Waals surface area contributed by atoms with Crippen LogP contribution >= 0.6 is 59.1 Å². The van der Waals surface area contributed by atoms with E-state index >= 15 is 0 Å².